The molecule has 0 bridgehead atoms. The van der Waals surface area contributed by atoms with E-state index in [9.17, 15) is 18.0 Å². The lowest BCUT2D eigenvalue weighted by molar-refractivity contribution is -0.148. The second-order valence-corrected chi connectivity index (χ2v) is 7.06. The predicted molar refractivity (Wildman–Crippen MR) is 106 cm³/mol. The van der Waals surface area contributed by atoms with Crippen molar-refractivity contribution in [3.05, 3.63) is 29.2 Å². The van der Waals surface area contributed by atoms with Gasteiger partial charge in [0, 0.05) is 19.3 Å². The molecule has 162 valence electrons. The van der Waals surface area contributed by atoms with Gasteiger partial charge in [0.2, 0.25) is 0 Å². The number of nitrogens with two attached hydrogens (primary N) is 1. The SMILES string of the molecule is CCOC(=O)C1CCN(c2ncnc(Nc3ncc(C(F)(F)F)cc3Cl)c2N)CC1. The van der Waals surface area contributed by atoms with E-state index in [2.05, 4.69) is 20.3 Å². The Hall–Kier alpha value is -2.82. The molecule has 0 spiro atoms. The van der Waals surface area contributed by atoms with Crippen LogP contribution in [0.5, 0.6) is 0 Å². The minimum atomic E-state index is -4.55. The summed E-state index contributed by atoms with van der Waals surface area (Å²) in [6.45, 7) is 3.20. The first-order valence-corrected chi connectivity index (χ1v) is 9.60. The van der Waals surface area contributed by atoms with E-state index in [1.54, 1.807) is 6.92 Å². The number of nitrogens with one attached hydrogen (secondary N) is 1. The van der Waals surface area contributed by atoms with E-state index in [0.717, 1.165) is 6.07 Å². The topological polar surface area (TPSA) is 106 Å². The molecule has 1 saturated heterocycles. The fourth-order valence-electron chi connectivity index (χ4n) is 3.12. The van der Waals surface area contributed by atoms with Gasteiger partial charge < -0.3 is 20.7 Å². The number of piperidine rings is 1. The monoisotopic (exact) mass is 444 g/mol. The summed E-state index contributed by atoms with van der Waals surface area (Å²) in [7, 11) is 0. The number of ether oxygens (including phenoxy) is 1. The highest BCUT2D eigenvalue weighted by atomic mass is 35.5. The summed E-state index contributed by atoms with van der Waals surface area (Å²) in [5, 5.41) is 2.53. The second kappa shape index (κ2) is 8.90. The highest BCUT2D eigenvalue weighted by molar-refractivity contribution is 6.33. The first kappa shape index (κ1) is 21.9. The molecule has 2 aromatic rings. The van der Waals surface area contributed by atoms with E-state index in [4.69, 9.17) is 22.1 Å². The van der Waals surface area contributed by atoms with Gasteiger partial charge in [0.1, 0.15) is 17.8 Å². The molecule has 0 unspecified atom stereocenters. The van der Waals surface area contributed by atoms with Gasteiger partial charge in [-0.2, -0.15) is 13.2 Å². The van der Waals surface area contributed by atoms with Crippen LogP contribution in [0.3, 0.4) is 0 Å². The molecule has 8 nitrogen and oxygen atoms in total. The Morgan fingerprint density at radius 1 is 1.30 bits per heavy atom. The van der Waals surface area contributed by atoms with Crippen molar-refractivity contribution in [3.63, 3.8) is 0 Å². The molecule has 2 aromatic heterocycles. The van der Waals surface area contributed by atoms with Gasteiger partial charge in [-0.1, -0.05) is 11.6 Å². The summed E-state index contributed by atoms with van der Waals surface area (Å²) in [6.07, 6.45) is -1.41. The number of carbonyl (C=O) groups is 1. The Labute approximate surface area is 175 Å². The van der Waals surface area contributed by atoms with Crippen LogP contribution in [0.15, 0.2) is 18.6 Å². The first-order chi connectivity index (χ1) is 14.2. The van der Waals surface area contributed by atoms with Gasteiger partial charge in [-0.25, -0.2) is 15.0 Å². The van der Waals surface area contributed by atoms with Gasteiger partial charge >= 0.3 is 12.1 Å². The Morgan fingerprint density at radius 3 is 2.60 bits per heavy atom. The number of alkyl halides is 3. The maximum Gasteiger partial charge on any atom is 0.417 e. The molecule has 0 aliphatic carbocycles. The number of rotatable bonds is 5. The summed E-state index contributed by atoms with van der Waals surface area (Å²) in [4.78, 5) is 25.8. The molecule has 30 heavy (non-hydrogen) atoms. The maximum absolute atomic E-state index is 12.8. The normalized spacial score (nSPS) is 15.2. The zero-order valence-electron chi connectivity index (χ0n) is 16.0. The average molecular weight is 445 g/mol. The molecule has 0 atom stereocenters. The van der Waals surface area contributed by atoms with Crippen LogP contribution in [0.1, 0.15) is 25.3 Å². The smallest absolute Gasteiger partial charge is 0.417 e. The number of nitrogen functional groups attached to an aromatic ring is 1. The summed E-state index contributed by atoms with van der Waals surface area (Å²) >= 11 is 5.93. The van der Waals surface area contributed by atoms with Crippen molar-refractivity contribution in [1.82, 2.24) is 15.0 Å². The van der Waals surface area contributed by atoms with Crippen molar-refractivity contribution in [3.8, 4) is 0 Å². The maximum atomic E-state index is 12.8. The number of pyridine rings is 1. The molecule has 3 N–H and O–H groups in total. The molecular formula is C18H20ClF3N6O2. The number of anilines is 4. The summed E-state index contributed by atoms with van der Waals surface area (Å²) in [5.41, 5.74) is 5.42. The fourth-order valence-corrected chi connectivity index (χ4v) is 3.34. The van der Waals surface area contributed by atoms with E-state index in [-0.39, 0.29) is 34.2 Å². The van der Waals surface area contributed by atoms with Crippen LogP contribution >= 0.6 is 11.6 Å². The van der Waals surface area contributed by atoms with Crippen LogP contribution in [-0.4, -0.2) is 40.6 Å². The van der Waals surface area contributed by atoms with Crippen LogP contribution in [0, 0.1) is 5.92 Å². The number of halogens is 4. The molecule has 0 aromatic carbocycles. The van der Waals surface area contributed by atoms with Crippen molar-refractivity contribution in [1.29, 1.82) is 0 Å². The van der Waals surface area contributed by atoms with E-state index >= 15 is 0 Å². The Balaban J connectivity index is 1.74. The zero-order valence-corrected chi connectivity index (χ0v) is 16.8. The van der Waals surface area contributed by atoms with Gasteiger partial charge in [-0.3, -0.25) is 4.79 Å². The van der Waals surface area contributed by atoms with Crippen molar-refractivity contribution in [2.24, 2.45) is 5.92 Å². The molecule has 0 saturated carbocycles. The largest absolute Gasteiger partial charge is 0.466 e. The molecule has 1 fully saturated rings. The summed E-state index contributed by atoms with van der Waals surface area (Å²) in [5.74, 6) is 0.233. The van der Waals surface area contributed by atoms with Crippen molar-refractivity contribution < 1.29 is 22.7 Å². The minimum absolute atomic E-state index is 0.0120. The number of hydrogen-bond donors (Lipinski definition) is 2. The lowest BCUT2D eigenvalue weighted by Crippen LogP contribution is -2.37. The third kappa shape index (κ3) is 4.84. The highest BCUT2D eigenvalue weighted by Gasteiger charge is 2.32. The van der Waals surface area contributed by atoms with Crippen molar-refractivity contribution in [2.45, 2.75) is 25.9 Å². The number of aromatic nitrogens is 3. The second-order valence-electron chi connectivity index (χ2n) is 6.65. The molecular weight excluding hydrogens is 425 g/mol. The first-order valence-electron chi connectivity index (χ1n) is 9.22. The molecule has 3 heterocycles. The Bertz CT molecular complexity index is 919. The van der Waals surface area contributed by atoms with Crippen LogP contribution in [0.4, 0.5) is 36.3 Å². The van der Waals surface area contributed by atoms with Gasteiger partial charge in [0.25, 0.3) is 0 Å². The fraction of sp³-hybridized carbons (Fsp3) is 0.444. The predicted octanol–water partition coefficient (Wildman–Crippen LogP) is 3.65. The van der Waals surface area contributed by atoms with Crippen LogP contribution in [0.25, 0.3) is 0 Å². The van der Waals surface area contributed by atoms with Crippen molar-refractivity contribution in [2.75, 3.05) is 35.6 Å². The lowest BCUT2D eigenvalue weighted by atomic mass is 9.97. The summed E-state index contributed by atoms with van der Waals surface area (Å²) < 4.78 is 43.4. The van der Waals surface area contributed by atoms with Gasteiger partial charge in [-0.15, -0.1) is 0 Å². The number of hydrogen-bond acceptors (Lipinski definition) is 8. The highest BCUT2D eigenvalue weighted by Crippen LogP contribution is 2.35. The number of carbonyl (C=O) groups excluding carboxylic acids is 1. The zero-order chi connectivity index (χ0) is 21.9. The van der Waals surface area contributed by atoms with Gasteiger partial charge in [-0.05, 0) is 25.8 Å². The molecule has 1 aliphatic heterocycles. The van der Waals surface area contributed by atoms with Crippen LogP contribution < -0.4 is 16.0 Å². The molecule has 1 aliphatic rings. The number of nitrogens with zero attached hydrogens (tertiary/aromatic N) is 4. The minimum Gasteiger partial charge on any atom is -0.466 e. The van der Waals surface area contributed by atoms with Crippen LogP contribution in [-0.2, 0) is 15.7 Å². The quantitative estimate of drug-likeness (QED) is 0.673. The summed E-state index contributed by atoms with van der Waals surface area (Å²) in [6, 6.07) is 0.773. The molecule has 12 heteroatoms. The average Bonchev–Trinajstić information content (AvgIpc) is 2.70. The van der Waals surface area contributed by atoms with Gasteiger partial charge in [0.15, 0.2) is 11.6 Å². The van der Waals surface area contributed by atoms with Crippen LogP contribution in [0.2, 0.25) is 5.02 Å². The van der Waals surface area contributed by atoms with E-state index in [1.807, 2.05) is 4.90 Å². The lowest BCUT2D eigenvalue weighted by Gasteiger charge is -2.32. The Kier molecular flexibility index (Phi) is 6.49. The van der Waals surface area contributed by atoms with E-state index in [0.29, 0.717) is 44.6 Å². The van der Waals surface area contributed by atoms with E-state index in [1.165, 1.54) is 6.33 Å². The van der Waals surface area contributed by atoms with Gasteiger partial charge in [0.05, 0.1) is 23.1 Å². The third-order valence-corrected chi connectivity index (χ3v) is 4.97. The molecule has 0 radical (unpaired) electrons. The third-order valence-electron chi connectivity index (χ3n) is 4.68. The standard InChI is InChI=1S/C18H20ClF3N6O2/c1-2-30-17(29)10-3-5-28(6-4-10)16-13(23)15(25-9-26-16)27-14-12(19)7-11(8-24-14)18(20,21)22/h7-10H,2-6,23H2,1H3,(H,24,25,26,27). The van der Waals surface area contributed by atoms with Crippen molar-refractivity contribution >= 4 is 40.7 Å². The molecule has 0 amide bonds. The number of esters is 1. The molecule has 3 rings (SSSR count). The Morgan fingerprint density at radius 2 is 2.00 bits per heavy atom. The van der Waals surface area contributed by atoms with E-state index < -0.39 is 11.7 Å².